The fourth-order valence-electron chi connectivity index (χ4n) is 2.18. The van der Waals surface area contributed by atoms with E-state index in [2.05, 4.69) is 4.98 Å². The summed E-state index contributed by atoms with van der Waals surface area (Å²) in [6.07, 6.45) is -0.0689. The lowest BCUT2D eigenvalue weighted by Gasteiger charge is -2.19. The second-order valence-electron chi connectivity index (χ2n) is 5.77. The molecule has 5 nitrogen and oxygen atoms in total. The van der Waals surface area contributed by atoms with E-state index in [4.69, 9.17) is 22.1 Å². The molecule has 6 heteroatoms. The lowest BCUT2D eigenvalue weighted by Crippen LogP contribution is -2.25. The Morgan fingerprint density at radius 3 is 2.57 bits per heavy atom. The molecule has 0 aliphatic rings. The summed E-state index contributed by atoms with van der Waals surface area (Å²) in [7, 11) is 0. The van der Waals surface area contributed by atoms with Gasteiger partial charge in [-0.15, -0.1) is 0 Å². The zero-order chi connectivity index (χ0) is 15.8. The lowest BCUT2D eigenvalue weighted by molar-refractivity contribution is -0.153. The zero-order valence-corrected chi connectivity index (χ0v) is 12.9. The van der Waals surface area contributed by atoms with Gasteiger partial charge < -0.3 is 15.5 Å². The van der Waals surface area contributed by atoms with E-state index in [0.717, 1.165) is 0 Å². The molecule has 0 saturated carbocycles. The third-order valence-electron chi connectivity index (χ3n) is 2.84. The fourth-order valence-corrected chi connectivity index (χ4v) is 2.45. The van der Waals surface area contributed by atoms with Crippen molar-refractivity contribution in [3.05, 3.63) is 34.5 Å². The first-order chi connectivity index (χ1) is 9.69. The van der Waals surface area contributed by atoms with Crippen molar-refractivity contribution in [3.8, 4) is 0 Å². The van der Waals surface area contributed by atoms with Crippen molar-refractivity contribution in [2.24, 2.45) is 5.73 Å². The van der Waals surface area contributed by atoms with Crippen LogP contribution in [0.2, 0.25) is 5.02 Å². The van der Waals surface area contributed by atoms with Gasteiger partial charge in [0.1, 0.15) is 5.60 Å². The number of aromatic nitrogens is 1. The lowest BCUT2D eigenvalue weighted by atomic mass is 10.1. The average molecular weight is 309 g/mol. The predicted octanol–water partition coefficient (Wildman–Crippen LogP) is 2.80. The quantitative estimate of drug-likeness (QED) is 0.855. The van der Waals surface area contributed by atoms with Crippen LogP contribution in [0, 0.1) is 0 Å². The number of amides is 1. The average Bonchev–Trinajstić information content (AvgIpc) is 2.65. The zero-order valence-electron chi connectivity index (χ0n) is 12.1. The van der Waals surface area contributed by atoms with Crippen molar-refractivity contribution in [2.45, 2.75) is 32.8 Å². The Hall–Kier alpha value is -2.01. The number of nitrogens with one attached hydrogen (secondary N) is 1. The van der Waals surface area contributed by atoms with Crippen molar-refractivity contribution < 1.29 is 14.3 Å². The first-order valence-corrected chi connectivity index (χ1v) is 6.87. The molecule has 0 fully saturated rings. The molecule has 112 valence electrons. The minimum Gasteiger partial charge on any atom is -0.460 e. The second-order valence-corrected chi connectivity index (χ2v) is 6.18. The van der Waals surface area contributed by atoms with Crippen molar-refractivity contribution in [1.82, 2.24) is 4.98 Å². The molecule has 0 saturated heterocycles. The molecule has 1 amide bonds. The van der Waals surface area contributed by atoms with Gasteiger partial charge in [-0.3, -0.25) is 9.59 Å². The molecule has 2 rings (SSSR count). The Kier molecular flexibility index (Phi) is 3.96. The first-order valence-electron chi connectivity index (χ1n) is 6.50. The number of nitrogens with two attached hydrogens (primary N) is 1. The molecule has 0 radical (unpaired) electrons. The summed E-state index contributed by atoms with van der Waals surface area (Å²) in [5.41, 5.74) is 6.15. The number of halogens is 1. The summed E-state index contributed by atoms with van der Waals surface area (Å²) >= 11 is 6.12. The Morgan fingerprint density at radius 1 is 1.33 bits per heavy atom. The Bertz CT molecular complexity index is 714. The van der Waals surface area contributed by atoms with Gasteiger partial charge in [-0.2, -0.15) is 0 Å². The smallest absolute Gasteiger partial charge is 0.312 e. The van der Waals surface area contributed by atoms with Gasteiger partial charge in [0.2, 0.25) is 0 Å². The molecule has 1 heterocycles. The predicted molar refractivity (Wildman–Crippen MR) is 81.4 cm³/mol. The summed E-state index contributed by atoms with van der Waals surface area (Å²) in [5.74, 6) is -1.07. The minimum atomic E-state index is -0.632. The van der Waals surface area contributed by atoms with Crippen LogP contribution in [-0.4, -0.2) is 22.5 Å². The maximum Gasteiger partial charge on any atom is 0.312 e. The molecule has 0 aliphatic carbocycles. The van der Waals surface area contributed by atoms with Gasteiger partial charge in [-0.25, -0.2) is 0 Å². The van der Waals surface area contributed by atoms with Crippen LogP contribution in [0.25, 0.3) is 10.9 Å². The van der Waals surface area contributed by atoms with E-state index in [1.54, 1.807) is 39.0 Å². The van der Waals surface area contributed by atoms with Crippen LogP contribution in [0.5, 0.6) is 0 Å². The Morgan fingerprint density at radius 2 is 2.00 bits per heavy atom. The van der Waals surface area contributed by atoms with Crippen LogP contribution in [-0.2, 0) is 16.0 Å². The molecule has 0 spiro atoms. The van der Waals surface area contributed by atoms with Gasteiger partial charge >= 0.3 is 5.97 Å². The topological polar surface area (TPSA) is 85.2 Å². The minimum absolute atomic E-state index is 0.0689. The number of hydrogen-bond donors (Lipinski definition) is 2. The summed E-state index contributed by atoms with van der Waals surface area (Å²) < 4.78 is 5.26. The number of carbonyl (C=O) groups excluding carboxylic acids is 2. The van der Waals surface area contributed by atoms with Gasteiger partial charge in [0, 0.05) is 16.6 Å². The van der Waals surface area contributed by atoms with Crippen LogP contribution in [0.3, 0.4) is 0 Å². The largest absolute Gasteiger partial charge is 0.460 e. The monoisotopic (exact) mass is 308 g/mol. The molecule has 0 unspecified atom stereocenters. The van der Waals surface area contributed by atoms with E-state index < -0.39 is 17.5 Å². The van der Waals surface area contributed by atoms with Crippen LogP contribution in [0.15, 0.2) is 18.2 Å². The third-order valence-corrected chi connectivity index (χ3v) is 3.15. The van der Waals surface area contributed by atoms with Gasteiger partial charge in [-0.05, 0) is 32.9 Å². The molecule has 1 aromatic carbocycles. The van der Waals surface area contributed by atoms with E-state index in [1.807, 2.05) is 0 Å². The molecule has 21 heavy (non-hydrogen) atoms. The van der Waals surface area contributed by atoms with E-state index in [0.29, 0.717) is 21.6 Å². The van der Waals surface area contributed by atoms with Crippen LogP contribution in [0.4, 0.5) is 0 Å². The second kappa shape index (κ2) is 5.41. The SMILES string of the molecule is CC(C)(C)OC(=O)Cc1[nH]c2cccc(Cl)c2c1C(N)=O. The van der Waals surface area contributed by atoms with Crippen molar-refractivity contribution >= 4 is 34.4 Å². The van der Waals surface area contributed by atoms with E-state index in [-0.39, 0.29) is 12.0 Å². The summed E-state index contributed by atoms with van der Waals surface area (Å²) in [6.45, 7) is 5.34. The molecule has 3 N–H and O–H groups in total. The Balaban J connectivity index is 2.45. The van der Waals surface area contributed by atoms with E-state index in [1.165, 1.54) is 0 Å². The van der Waals surface area contributed by atoms with E-state index in [9.17, 15) is 9.59 Å². The highest BCUT2D eigenvalue weighted by atomic mass is 35.5. The van der Waals surface area contributed by atoms with Crippen LogP contribution < -0.4 is 5.73 Å². The van der Waals surface area contributed by atoms with Crippen LogP contribution in [0.1, 0.15) is 36.8 Å². The standard InChI is InChI=1S/C15H17ClN2O3/c1-15(2,3)21-11(19)7-10-13(14(17)20)12-8(16)5-4-6-9(12)18-10/h4-6,18H,7H2,1-3H3,(H2,17,20). The molecular weight excluding hydrogens is 292 g/mol. The van der Waals surface area contributed by atoms with Gasteiger partial charge in [0.15, 0.2) is 0 Å². The highest BCUT2D eigenvalue weighted by Gasteiger charge is 2.23. The van der Waals surface area contributed by atoms with Gasteiger partial charge in [0.25, 0.3) is 5.91 Å². The highest BCUT2D eigenvalue weighted by Crippen LogP contribution is 2.29. The molecule has 0 atom stereocenters. The number of hydrogen-bond acceptors (Lipinski definition) is 3. The highest BCUT2D eigenvalue weighted by molar-refractivity contribution is 6.37. The number of H-pyrrole nitrogens is 1. The number of ether oxygens (including phenoxy) is 1. The van der Waals surface area contributed by atoms with Crippen molar-refractivity contribution in [1.29, 1.82) is 0 Å². The maximum absolute atomic E-state index is 11.9. The molecule has 0 bridgehead atoms. The van der Waals surface area contributed by atoms with Crippen molar-refractivity contribution in [2.75, 3.05) is 0 Å². The van der Waals surface area contributed by atoms with Crippen LogP contribution >= 0.6 is 11.6 Å². The summed E-state index contributed by atoms with van der Waals surface area (Å²) in [6, 6.07) is 5.19. The molecular formula is C15H17ClN2O3. The number of carbonyl (C=O) groups is 2. The number of aromatic amines is 1. The summed E-state index contributed by atoms with van der Waals surface area (Å²) in [5, 5.41) is 0.943. The first kappa shape index (κ1) is 15.4. The maximum atomic E-state index is 11.9. The number of fused-ring (bicyclic) bond motifs is 1. The number of benzene rings is 1. The summed E-state index contributed by atoms with van der Waals surface area (Å²) in [4.78, 5) is 26.7. The molecule has 1 aromatic heterocycles. The third kappa shape index (κ3) is 3.36. The Labute approximate surface area is 127 Å². The normalized spacial score (nSPS) is 11.6. The van der Waals surface area contributed by atoms with E-state index >= 15 is 0 Å². The number of esters is 1. The number of rotatable bonds is 3. The molecule has 2 aromatic rings. The fraction of sp³-hybridized carbons (Fsp3) is 0.333. The van der Waals surface area contributed by atoms with Crippen molar-refractivity contribution in [3.63, 3.8) is 0 Å². The van der Waals surface area contributed by atoms with Gasteiger partial charge in [0.05, 0.1) is 17.0 Å². The molecule has 0 aliphatic heterocycles. The number of primary amides is 1. The van der Waals surface area contributed by atoms with Gasteiger partial charge in [-0.1, -0.05) is 17.7 Å².